The summed E-state index contributed by atoms with van der Waals surface area (Å²) >= 11 is 17.5. The number of likely N-dealkylation sites (tertiary alicyclic amines) is 2. The van der Waals surface area contributed by atoms with E-state index < -0.39 is 45.2 Å². The van der Waals surface area contributed by atoms with E-state index in [2.05, 4.69) is 15.9 Å². The third-order valence-electron chi connectivity index (χ3n) is 7.72. The highest BCUT2D eigenvalue weighted by Crippen LogP contribution is 2.66. The Morgan fingerprint density at radius 3 is 2.48 bits per heavy atom. The van der Waals surface area contributed by atoms with E-state index in [1.807, 2.05) is 6.08 Å². The first-order valence-electron chi connectivity index (χ1n) is 10.7. The van der Waals surface area contributed by atoms with E-state index in [1.165, 1.54) is 18.0 Å². The minimum absolute atomic E-state index is 0.0538. The van der Waals surface area contributed by atoms with Crippen LogP contribution in [0.3, 0.4) is 0 Å². The predicted molar refractivity (Wildman–Crippen MR) is 124 cm³/mol. The van der Waals surface area contributed by atoms with Crippen molar-refractivity contribution >= 4 is 62.8 Å². The lowest BCUT2D eigenvalue weighted by Gasteiger charge is -2.50. The lowest BCUT2D eigenvalue weighted by Crippen LogP contribution is -2.60. The maximum absolute atomic E-state index is 13.4. The molecule has 2 aliphatic heterocycles. The fraction of sp³-hybridized carbons (Fsp3) is 0.478. The van der Waals surface area contributed by atoms with Gasteiger partial charge in [-0.3, -0.25) is 29.0 Å². The fourth-order valence-electron chi connectivity index (χ4n) is 6.22. The summed E-state index contributed by atoms with van der Waals surface area (Å²) < 4.78 is 0.640. The maximum Gasteiger partial charge on any atom is 0.253 e. The second-order valence-corrected chi connectivity index (χ2v) is 11.3. The highest BCUT2D eigenvalue weighted by atomic mass is 79.9. The van der Waals surface area contributed by atoms with Crippen molar-refractivity contribution in [3.63, 3.8) is 0 Å². The molecule has 7 nitrogen and oxygen atoms in total. The van der Waals surface area contributed by atoms with Gasteiger partial charge in [0.2, 0.25) is 11.8 Å². The smallest absolute Gasteiger partial charge is 0.253 e. The van der Waals surface area contributed by atoms with Crippen LogP contribution in [0.1, 0.15) is 31.2 Å². The van der Waals surface area contributed by atoms with E-state index in [4.69, 9.17) is 23.2 Å². The van der Waals surface area contributed by atoms with E-state index in [0.717, 1.165) is 4.90 Å². The normalized spacial score (nSPS) is 37.8. The number of hydrogen-bond donors (Lipinski definition) is 1. The Kier molecular flexibility index (Phi) is 5.06. The van der Waals surface area contributed by atoms with Gasteiger partial charge in [0.25, 0.3) is 11.8 Å². The quantitative estimate of drug-likeness (QED) is 0.343. The summed E-state index contributed by atoms with van der Waals surface area (Å²) in [6.07, 6.45) is 2.10. The Morgan fingerprint density at radius 1 is 1.12 bits per heavy atom. The summed E-state index contributed by atoms with van der Waals surface area (Å²) in [5.74, 6) is -4.72. The van der Waals surface area contributed by atoms with E-state index in [0.29, 0.717) is 22.0 Å². The van der Waals surface area contributed by atoms with Crippen molar-refractivity contribution in [2.24, 2.45) is 17.8 Å². The van der Waals surface area contributed by atoms with Gasteiger partial charge >= 0.3 is 0 Å². The zero-order valence-electron chi connectivity index (χ0n) is 17.8. The molecule has 3 fully saturated rings. The number of hydrogen-bond acceptors (Lipinski definition) is 5. The number of imide groups is 2. The minimum atomic E-state index is -1.90. The molecule has 5 rings (SSSR count). The van der Waals surface area contributed by atoms with Crippen LogP contribution in [0.5, 0.6) is 5.75 Å². The molecule has 2 heterocycles. The molecule has 1 N–H and O–H groups in total. The average Bonchev–Trinajstić information content (AvgIpc) is 3.10. The molecule has 4 amide bonds. The minimum Gasteiger partial charge on any atom is -0.508 e. The highest BCUT2D eigenvalue weighted by Gasteiger charge is 2.76. The van der Waals surface area contributed by atoms with Crippen LogP contribution < -0.4 is 0 Å². The van der Waals surface area contributed by atoms with Gasteiger partial charge < -0.3 is 5.11 Å². The van der Waals surface area contributed by atoms with Gasteiger partial charge in [0, 0.05) is 29.5 Å². The van der Waals surface area contributed by atoms with Crippen LogP contribution >= 0.6 is 39.1 Å². The molecule has 6 atom stereocenters. The SMILES string of the molecule is CCN1C(=O)C2CC=C3C(CC4(Cl)C(=O)N(C)C(=O)C4(Cl)C3c3cc(Br)ccc3O)C2C1=O. The third-order valence-corrected chi connectivity index (χ3v) is 9.63. The van der Waals surface area contributed by atoms with Gasteiger partial charge in [-0.1, -0.05) is 27.6 Å². The number of allylic oxidation sites excluding steroid dienone is 2. The molecular formula is C23H21BrCl2N2O5. The number of aromatic hydroxyl groups is 1. The van der Waals surface area contributed by atoms with Crippen LogP contribution in [0.25, 0.3) is 0 Å². The van der Waals surface area contributed by atoms with Crippen molar-refractivity contribution in [2.75, 3.05) is 13.6 Å². The number of alkyl halides is 2. The van der Waals surface area contributed by atoms with E-state index in [9.17, 15) is 24.3 Å². The Morgan fingerprint density at radius 2 is 1.82 bits per heavy atom. The summed E-state index contributed by atoms with van der Waals surface area (Å²) in [6, 6.07) is 4.76. The number of phenolic OH excluding ortho intramolecular Hbond substituents is 1. The summed E-state index contributed by atoms with van der Waals surface area (Å²) in [5, 5.41) is 10.8. The van der Waals surface area contributed by atoms with Gasteiger partial charge in [-0.15, -0.1) is 23.2 Å². The summed E-state index contributed by atoms with van der Waals surface area (Å²) in [7, 11) is 1.33. The summed E-state index contributed by atoms with van der Waals surface area (Å²) in [6.45, 7) is 2.00. The average molecular weight is 556 g/mol. The molecule has 0 aromatic heterocycles. The summed E-state index contributed by atoms with van der Waals surface area (Å²) in [4.78, 5) is 51.3. The summed E-state index contributed by atoms with van der Waals surface area (Å²) in [5.41, 5.74) is 0.992. The highest BCUT2D eigenvalue weighted by molar-refractivity contribution is 9.10. The molecule has 2 aliphatic carbocycles. The van der Waals surface area contributed by atoms with Gasteiger partial charge in [0.05, 0.1) is 11.8 Å². The molecule has 33 heavy (non-hydrogen) atoms. The van der Waals surface area contributed by atoms with Gasteiger partial charge in [0.1, 0.15) is 5.75 Å². The first kappa shape index (κ1) is 22.9. The third kappa shape index (κ3) is 2.68. The number of rotatable bonds is 2. The van der Waals surface area contributed by atoms with Crippen LogP contribution in [0.2, 0.25) is 0 Å². The van der Waals surface area contributed by atoms with Crippen molar-refractivity contribution in [3.05, 3.63) is 39.9 Å². The Balaban J connectivity index is 1.76. The standard InChI is InChI=1S/C23H21BrCl2N2O5/c1-3-28-18(30)12-6-5-11-14(16(12)19(28)31)9-22(25)20(32)27(2)21(33)23(22,26)17(11)13-8-10(24)4-7-15(13)29/h4-5,7-8,12,14,16-17,29H,3,6,9H2,1-2H3. The largest absolute Gasteiger partial charge is 0.508 e. The number of nitrogens with zero attached hydrogens (tertiary/aromatic N) is 2. The number of amides is 4. The molecule has 0 bridgehead atoms. The van der Waals surface area contributed by atoms with Crippen LogP contribution in [-0.4, -0.2) is 61.9 Å². The van der Waals surface area contributed by atoms with Gasteiger partial charge in [-0.05, 0) is 43.9 Å². The van der Waals surface area contributed by atoms with Gasteiger partial charge in [0.15, 0.2) is 9.75 Å². The van der Waals surface area contributed by atoms with E-state index in [-0.39, 0.29) is 30.5 Å². The lowest BCUT2D eigenvalue weighted by atomic mass is 9.56. The fourth-order valence-corrected chi connectivity index (χ4v) is 7.61. The molecule has 1 aromatic carbocycles. The Bertz CT molecular complexity index is 1170. The number of fused-ring (bicyclic) bond motifs is 4. The molecule has 174 valence electrons. The molecule has 6 unspecified atom stereocenters. The molecule has 4 aliphatic rings. The van der Waals surface area contributed by atoms with Crippen molar-refractivity contribution in [1.29, 1.82) is 0 Å². The van der Waals surface area contributed by atoms with Gasteiger partial charge in [-0.2, -0.15) is 0 Å². The van der Waals surface area contributed by atoms with Crippen molar-refractivity contribution in [3.8, 4) is 5.75 Å². The molecular weight excluding hydrogens is 535 g/mol. The van der Waals surface area contributed by atoms with Gasteiger partial charge in [-0.25, -0.2) is 0 Å². The second kappa shape index (κ2) is 7.30. The van der Waals surface area contributed by atoms with Crippen molar-refractivity contribution < 1.29 is 24.3 Å². The number of halogens is 3. The number of benzene rings is 1. The van der Waals surface area contributed by atoms with E-state index >= 15 is 0 Å². The molecule has 0 spiro atoms. The molecule has 0 radical (unpaired) electrons. The first-order chi connectivity index (χ1) is 15.5. The number of carbonyl (C=O) groups is 4. The van der Waals surface area contributed by atoms with Crippen molar-refractivity contribution in [2.45, 2.75) is 35.4 Å². The first-order valence-corrected chi connectivity index (χ1v) is 12.3. The molecule has 10 heteroatoms. The molecule has 1 saturated carbocycles. The molecule has 2 saturated heterocycles. The topological polar surface area (TPSA) is 95.0 Å². The number of carbonyl (C=O) groups excluding carboxylic acids is 4. The Hall–Kier alpha value is -1.90. The van der Waals surface area contributed by atoms with E-state index in [1.54, 1.807) is 19.1 Å². The lowest BCUT2D eigenvalue weighted by molar-refractivity contribution is -0.141. The molecule has 1 aromatic rings. The van der Waals surface area contributed by atoms with Crippen LogP contribution in [0.4, 0.5) is 0 Å². The van der Waals surface area contributed by atoms with Crippen molar-refractivity contribution in [1.82, 2.24) is 9.80 Å². The van der Waals surface area contributed by atoms with Crippen LogP contribution in [-0.2, 0) is 19.2 Å². The van der Waals surface area contributed by atoms with Crippen LogP contribution in [0.15, 0.2) is 34.3 Å². The maximum atomic E-state index is 13.4. The number of phenols is 1. The van der Waals surface area contributed by atoms with Crippen LogP contribution in [0, 0.1) is 17.8 Å². The predicted octanol–water partition coefficient (Wildman–Crippen LogP) is 3.16. The zero-order chi connectivity index (χ0) is 24.0. The Labute approximate surface area is 208 Å². The second-order valence-electron chi connectivity index (χ2n) is 9.12. The monoisotopic (exact) mass is 554 g/mol. The zero-order valence-corrected chi connectivity index (χ0v) is 20.9.